The third kappa shape index (κ3) is 2.47. The number of hydrogen-bond donors (Lipinski definition) is 1. The van der Waals surface area contributed by atoms with Gasteiger partial charge in [-0.25, -0.2) is 0 Å². The zero-order valence-electron chi connectivity index (χ0n) is 10.6. The second-order valence-electron chi connectivity index (χ2n) is 4.45. The quantitative estimate of drug-likeness (QED) is 0.919. The van der Waals surface area contributed by atoms with Gasteiger partial charge in [0.05, 0.1) is 0 Å². The number of ether oxygens (including phenoxy) is 2. The molecule has 98 valence electrons. The zero-order chi connectivity index (χ0) is 13.2. The van der Waals surface area contributed by atoms with Crippen LogP contribution in [0.15, 0.2) is 36.4 Å². The van der Waals surface area contributed by atoms with E-state index in [9.17, 15) is 0 Å². The van der Waals surface area contributed by atoms with Gasteiger partial charge in [0.2, 0.25) is 6.79 Å². The minimum atomic E-state index is 0.305. The van der Waals surface area contributed by atoms with E-state index in [-0.39, 0.29) is 0 Å². The van der Waals surface area contributed by atoms with Gasteiger partial charge in [-0.2, -0.15) is 0 Å². The van der Waals surface area contributed by atoms with Crippen LogP contribution in [-0.2, 0) is 6.54 Å². The Bertz CT molecular complexity index is 613. The summed E-state index contributed by atoms with van der Waals surface area (Å²) in [4.78, 5) is 0. The Morgan fingerprint density at radius 3 is 2.89 bits per heavy atom. The van der Waals surface area contributed by atoms with Crippen LogP contribution in [0.5, 0.6) is 11.5 Å². The standard InChI is InChI=1S/C15H14ClNO2/c1-10-12(16)3-2-4-13(10)17-8-11-5-6-14-15(7-11)19-9-18-14/h2-7,17H,8-9H2,1H3. The smallest absolute Gasteiger partial charge is 0.231 e. The summed E-state index contributed by atoms with van der Waals surface area (Å²) in [5.74, 6) is 1.62. The molecule has 1 N–H and O–H groups in total. The first-order valence-corrected chi connectivity index (χ1v) is 6.49. The Morgan fingerprint density at radius 1 is 1.16 bits per heavy atom. The maximum atomic E-state index is 6.10. The topological polar surface area (TPSA) is 30.5 Å². The monoisotopic (exact) mass is 275 g/mol. The molecule has 0 aromatic heterocycles. The van der Waals surface area contributed by atoms with E-state index in [1.54, 1.807) is 0 Å². The minimum absolute atomic E-state index is 0.305. The summed E-state index contributed by atoms with van der Waals surface area (Å²) in [6.45, 7) is 3.03. The number of fused-ring (bicyclic) bond motifs is 1. The molecule has 1 aliphatic rings. The molecule has 1 heterocycles. The average Bonchev–Trinajstić information content (AvgIpc) is 2.88. The molecule has 0 fully saturated rings. The first kappa shape index (κ1) is 12.2. The number of hydrogen-bond acceptors (Lipinski definition) is 3. The molecule has 2 aromatic carbocycles. The summed E-state index contributed by atoms with van der Waals surface area (Å²) in [5, 5.41) is 4.15. The maximum absolute atomic E-state index is 6.10. The Labute approximate surface area is 117 Å². The van der Waals surface area contributed by atoms with Crippen LogP contribution in [0, 0.1) is 6.92 Å². The fourth-order valence-corrected chi connectivity index (χ4v) is 2.22. The number of benzene rings is 2. The Hall–Kier alpha value is -1.87. The lowest BCUT2D eigenvalue weighted by Gasteiger charge is -2.11. The van der Waals surface area contributed by atoms with Crippen molar-refractivity contribution in [3.8, 4) is 11.5 Å². The summed E-state index contributed by atoms with van der Waals surface area (Å²) >= 11 is 6.10. The maximum Gasteiger partial charge on any atom is 0.231 e. The highest BCUT2D eigenvalue weighted by Gasteiger charge is 2.13. The normalized spacial score (nSPS) is 12.5. The second-order valence-corrected chi connectivity index (χ2v) is 4.86. The molecule has 19 heavy (non-hydrogen) atoms. The van der Waals surface area contributed by atoms with Crippen LogP contribution in [0.4, 0.5) is 5.69 Å². The first-order valence-electron chi connectivity index (χ1n) is 6.11. The van der Waals surface area contributed by atoms with Crippen molar-refractivity contribution in [1.82, 2.24) is 0 Å². The molecule has 0 spiro atoms. The van der Waals surface area contributed by atoms with E-state index >= 15 is 0 Å². The number of halogens is 1. The highest BCUT2D eigenvalue weighted by molar-refractivity contribution is 6.31. The SMILES string of the molecule is Cc1c(Cl)cccc1NCc1ccc2c(c1)OCO2. The van der Waals surface area contributed by atoms with Gasteiger partial charge in [0.1, 0.15) is 0 Å². The van der Waals surface area contributed by atoms with Crippen LogP contribution in [-0.4, -0.2) is 6.79 Å². The van der Waals surface area contributed by atoms with Gasteiger partial charge in [-0.1, -0.05) is 23.7 Å². The summed E-state index contributed by atoms with van der Waals surface area (Å²) in [6, 6.07) is 11.8. The Balaban J connectivity index is 1.74. The molecule has 0 unspecified atom stereocenters. The van der Waals surface area contributed by atoms with Crippen molar-refractivity contribution in [3.05, 3.63) is 52.5 Å². The van der Waals surface area contributed by atoms with Crippen LogP contribution in [0.1, 0.15) is 11.1 Å². The second kappa shape index (κ2) is 5.02. The molecule has 2 aromatic rings. The van der Waals surface area contributed by atoms with E-state index in [0.29, 0.717) is 6.79 Å². The van der Waals surface area contributed by atoms with Gasteiger partial charge in [-0.15, -0.1) is 0 Å². The molecule has 0 bridgehead atoms. The fraction of sp³-hybridized carbons (Fsp3) is 0.200. The van der Waals surface area contributed by atoms with Gasteiger partial charge in [0.25, 0.3) is 0 Å². The van der Waals surface area contributed by atoms with Crippen LogP contribution in [0.25, 0.3) is 0 Å². The van der Waals surface area contributed by atoms with Gasteiger partial charge in [0, 0.05) is 17.3 Å². The molecule has 0 amide bonds. The van der Waals surface area contributed by atoms with Crippen molar-refractivity contribution in [1.29, 1.82) is 0 Å². The molecule has 0 saturated heterocycles. The average molecular weight is 276 g/mol. The summed E-state index contributed by atoms with van der Waals surface area (Å²) in [5.41, 5.74) is 3.25. The zero-order valence-corrected chi connectivity index (χ0v) is 11.3. The van der Waals surface area contributed by atoms with Gasteiger partial charge < -0.3 is 14.8 Å². The summed E-state index contributed by atoms with van der Waals surface area (Å²) in [6.07, 6.45) is 0. The molecule has 3 rings (SSSR count). The van der Waals surface area contributed by atoms with Crippen molar-refractivity contribution in [3.63, 3.8) is 0 Å². The van der Waals surface area contributed by atoms with E-state index in [4.69, 9.17) is 21.1 Å². The lowest BCUT2D eigenvalue weighted by Crippen LogP contribution is -2.01. The van der Waals surface area contributed by atoms with Crippen LogP contribution < -0.4 is 14.8 Å². The van der Waals surface area contributed by atoms with Crippen molar-refractivity contribution in [2.24, 2.45) is 0 Å². The molecular weight excluding hydrogens is 262 g/mol. The summed E-state index contributed by atoms with van der Waals surface area (Å²) < 4.78 is 10.7. The Kier molecular flexibility index (Phi) is 3.22. The molecule has 0 radical (unpaired) electrons. The van der Waals surface area contributed by atoms with Crippen LogP contribution >= 0.6 is 11.6 Å². The molecule has 0 aliphatic carbocycles. The minimum Gasteiger partial charge on any atom is -0.454 e. The van der Waals surface area contributed by atoms with Crippen molar-refractivity contribution in [2.75, 3.05) is 12.1 Å². The van der Waals surface area contributed by atoms with E-state index < -0.39 is 0 Å². The van der Waals surface area contributed by atoms with Gasteiger partial charge in [0.15, 0.2) is 11.5 Å². The van der Waals surface area contributed by atoms with Crippen molar-refractivity contribution in [2.45, 2.75) is 13.5 Å². The van der Waals surface area contributed by atoms with Crippen molar-refractivity contribution < 1.29 is 9.47 Å². The molecule has 4 heteroatoms. The third-order valence-electron chi connectivity index (χ3n) is 3.19. The van der Waals surface area contributed by atoms with Gasteiger partial charge in [-0.05, 0) is 42.3 Å². The number of anilines is 1. The van der Waals surface area contributed by atoms with E-state index in [2.05, 4.69) is 5.32 Å². The van der Waals surface area contributed by atoms with Gasteiger partial charge >= 0.3 is 0 Å². The lowest BCUT2D eigenvalue weighted by atomic mass is 10.1. The number of rotatable bonds is 3. The number of nitrogens with one attached hydrogen (secondary N) is 1. The van der Waals surface area contributed by atoms with Crippen LogP contribution in [0.2, 0.25) is 5.02 Å². The third-order valence-corrected chi connectivity index (χ3v) is 3.60. The highest BCUT2D eigenvalue weighted by Crippen LogP contribution is 2.32. The predicted octanol–water partition coefficient (Wildman–Crippen LogP) is 3.99. The first-order chi connectivity index (χ1) is 9.24. The predicted molar refractivity (Wildman–Crippen MR) is 76.1 cm³/mol. The molecule has 1 aliphatic heterocycles. The van der Waals surface area contributed by atoms with E-state index in [1.807, 2.05) is 43.3 Å². The van der Waals surface area contributed by atoms with Crippen LogP contribution in [0.3, 0.4) is 0 Å². The molecule has 0 saturated carbocycles. The van der Waals surface area contributed by atoms with E-state index in [0.717, 1.165) is 39.9 Å². The Morgan fingerprint density at radius 2 is 2.00 bits per heavy atom. The highest BCUT2D eigenvalue weighted by atomic mass is 35.5. The van der Waals surface area contributed by atoms with E-state index in [1.165, 1.54) is 0 Å². The largest absolute Gasteiger partial charge is 0.454 e. The lowest BCUT2D eigenvalue weighted by molar-refractivity contribution is 0.174. The summed E-state index contributed by atoms with van der Waals surface area (Å²) in [7, 11) is 0. The molecule has 0 atom stereocenters. The van der Waals surface area contributed by atoms with Crippen molar-refractivity contribution >= 4 is 17.3 Å². The van der Waals surface area contributed by atoms with Gasteiger partial charge in [-0.3, -0.25) is 0 Å². The molecule has 3 nitrogen and oxygen atoms in total. The molecular formula is C15H14ClNO2. The fourth-order valence-electron chi connectivity index (χ4n) is 2.05.